The van der Waals surface area contributed by atoms with Crippen LogP contribution in [0.4, 0.5) is 11.4 Å². The van der Waals surface area contributed by atoms with Gasteiger partial charge in [-0.1, -0.05) is 31.4 Å². The Hall–Kier alpha value is -4.70. The van der Waals surface area contributed by atoms with Crippen LogP contribution in [0.2, 0.25) is 12.1 Å². The van der Waals surface area contributed by atoms with Gasteiger partial charge in [-0.2, -0.15) is 0 Å². The molecule has 1 saturated heterocycles. The molecule has 0 aromatic heterocycles. The molecule has 7 rings (SSSR count). The number of ether oxygens (including phenoxy) is 1. The minimum Gasteiger partial charge on any atom is -0.441 e. The summed E-state index contributed by atoms with van der Waals surface area (Å²) in [5, 5.41) is 5.46. The van der Waals surface area contributed by atoms with Crippen LogP contribution in [0.25, 0.3) is 0 Å². The van der Waals surface area contributed by atoms with Crippen LogP contribution < -0.4 is 25.5 Å². The van der Waals surface area contributed by atoms with E-state index >= 15 is 0 Å². The first-order chi connectivity index (χ1) is 22.1. The maximum atomic E-state index is 13.7. The summed E-state index contributed by atoms with van der Waals surface area (Å²) in [4.78, 5) is 56.4. The summed E-state index contributed by atoms with van der Waals surface area (Å²) in [5.74, 6) is -1.55. The fourth-order valence-corrected chi connectivity index (χ4v) is 13.6. The number of fused-ring (bicyclic) bond motifs is 8. The first-order valence-corrected chi connectivity index (χ1v) is 18.3. The lowest BCUT2D eigenvalue weighted by Crippen LogP contribution is -2.67. The monoisotopic (exact) mass is 634 g/mol. The van der Waals surface area contributed by atoms with Crippen LogP contribution in [0.5, 0.6) is 0 Å². The van der Waals surface area contributed by atoms with E-state index in [1.165, 1.54) is 41.8 Å². The van der Waals surface area contributed by atoms with E-state index in [1.54, 1.807) is 18.2 Å². The van der Waals surface area contributed by atoms with Crippen molar-refractivity contribution < 1.29 is 23.9 Å². The maximum absolute atomic E-state index is 13.7. The lowest BCUT2D eigenvalue weighted by atomic mass is 9.78. The Morgan fingerprint density at radius 1 is 0.804 bits per heavy atom. The SMILES string of the molecule is CN(C)c1ccc2c(c1)[Si]1(CCCCC1)c1cc(N(C)C)ccc1C21OC(=O)c2ccc(C(=O)NCCN3C(=O)C=CC3=O)cc21. The summed E-state index contributed by atoms with van der Waals surface area (Å²) in [7, 11) is 5.94. The number of carbonyl (C=O) groups is 4. The smallest absolute Gasteiger partial charge is 0.340 e. The number of rotatable bonds is 6. The molecule has 46 heavy (non-hydrogen) atoms. The van der Waals surface area contributed by atoms with E-state index in [0.717, 1.165) is 39.5 Å². The average molecular weight is 635 g/mol. The van der Waals surface area contributed by atoms with Crippen LogP contribution in [0.15, 0.2) is 66.7 Å². The van der Waals surface area contributed by atoms with Gasteiger partial charge in [-0.15, -0.1) is 0 Å². The quantitative estimate of drug-likeness (QED) is 0.253. The molecule has 1 fully saturated rings. The molecule has 0 saturated carbocycles. The molecule has 10 heteroatoms. The molecule has 1 N–H and O–H groups in total. The Balaban J connectivity index is 1.38. The summed E-state index contributed by atoms with van der Waals surface area (Å²) in [6.07, 6.45) is 6.01. The lowest BCUT2D eigenvalue weighted by molar-refractivity contribution is -0.136. The molecule has 9 nitrogen and oxygen atoms in total. The molecule has 0 unspecified atom stereocenters. The van der Waals surface area contributed by atoms with Gasteiger partial charge < -0.3 is 19.9 Å². The molecular weight excluding hydrogens is 597 g/mol. The van der Waals surface area contributed by atoms with Gasteiger partial charge in [0.15, 0.2) is 5.60 Å². The molecule has 3 amide bonds. The molecule has 4 aliphatic heterocycles. The van der Waals surface area contributed by atoms with Crippen molar-refractivity contribution in [2.45, 2.75) is 37.0 Å². The Kier molecular flexibility index (Phi) is 7.15. The fraction of sp³-hybridized carbons (Fsp3) is 0.333. The summed E-state index contributed by atoms with van der Waals surface area (Å²) in [6.45, 7) is 0.179. The van der Waals surface area contributed by atoms with E-state index in [9.17, 15) is 19.2 Å². The fourth-order valence-electron chi connectivity index (χ4n) is 7.85. The van der Waals surface area contributed by atoms with Gasteiger partial charge in [0, 0.05) is 87.1 Å². The minimum absolute atomic E-state index is 0.0722. The summed E-state index contributed by atoms with van der Waals surface area (Å²) in [5.41, 5.74) is 4.52. The van der Waals surface area contributed by atoms with Gasteiger partial charge >= 0.3 is 5.97 Å². The van der Waals surface area contributed by atoms with E-state index in [-0.39, 0.29) is 19.0 Å². The number of anilines is 2. The summed E-state index contributed by atoms with van der Waals surface area (Å²) < 4.78 is 6.59. The van der Waals surface area contributed by atoms with Crippen molar-refractivity contribution in [3.63, 3.8) is 0 Å². The summed E-state index contributed by atoms with van der Waals surface area (Å²) in [6, 6.07) is 20.5. The number of esters is 1. The molecule has 2 spiro atoms. The van der Waals surface area contributed by atoms with Crippen molar-refractivity contribution in [1.82, 2.24) is 10.2 Å². The zero-order chi connectivity index (χ0) is 32.4. The van der Waals surface area contributed by atoms with Gasteiger partial charge in [-0.05, 0) is 64.9 Å². The average Bonchev–Trinajstić information content (AvgIpc) is 3.54. The van der Waals surface area contributed by atoms with Crippen LogP contribution in [0.1, 0.15) is 56.7 Å². The molecular formula is C36H38N4O5Si. The van der Waals surface area contributed by atoms with Gasteiger partial charge in [0.2, 0.25) is 0 Å². The van der Waals surface area contributed by atoms with E-state index < -0.39 is 31.5 Å². The number of nitrogens with zero attached hydrogens (tertiary/aromatic N) is 3. The third-order valence-electron chi connectivity index (χ3n) is 10.2. The highest BCUT2D eigenvalue weighted by atomic mass is 28.3. The maximum Gasteiger partial charge on any atom is 0.340 e. The van der Waals surface area contributed by atoms with Crippen molar-refractivity contribution in [3.05, 3.63) is 94.6 Å². The number of hydrogen-bond acceptors (Lipinski definition) is 7. The number of benzene rings is 3. The number of imide groups is 1. The topological polar surface area (TPSA) is 99.3 Å². The lowest BCUT2D eigenvalue weighted by Gasteiger charge is -2.48. The van der Waals surface area contributed by atoms with Crippen LogP contribution in [0.3, 0.4) is 0 Å². The predicted octanol–water partition coefficient (Wildman–Crippen LogP) is 3.00. The van der Waals surface area contributed by atoms with Crippen LogP contribution in [-0.4, -0.2) is 77.9 Å². The Labute approximate surface area is 269 Å². The molecule has 3 aromatic rings. The van der Waals surface area contributed by atoms with Crippen molar-refractivity contribution >= 4 is 53.5 Å². The molecule has 4 heterocycles. The molecule has 0 bridgehead atoms. The van der Waals surface area contributed by atoms with Gasteiger partial charge in [-0.3, -0.25) is 19.3 Å². The summed E-state index contributed by atoms with van der Waals surface area (Å²) >= 11 is 0. The number of nitrogens with one attached hydrogen (secondary N) is 1. The standard InChI is InChI=1S/C36H38N4O5Si/c1-38(2)24-9-12-27-30(21-24)46(18-6-5-7-19-46)31-22-25(39(3)4)10-13-28(31)36(27)29-20-23(8-11-26(29)35(44)45-36)34(43)37-16-17-40-32(41)14-15-33(40)42/h8-15,20-22H,5-7,16-19H2,1-4H3,(H,37,43). The zero-order valence-electron chi connectivity index (χ0n) is 26.7. The minimum atomic E-state index is -2.27. The highest BCUT2D eigenvalue weighted by molar-refractivity contribution is 7.03. The van der Waals surface area contributed by atoms with E-state index in [1.807, 2.05) is 0 Å². The third kappa shape index (κ3) is 4.41. The first-order valence-electron chi connectivity index (χ1n) is 15.9. The number of carbonyl (C=O) groups excluding carboxylic acids is 4. The largest absolute Gasteiger partial charge is 0.441 e. The molecule has 236 valence electrons. The molecule has 3 aromatic carbocycles. The highest BCUT2D eigenvalue weighted by Crippen LogP contribution is 2.51. The Bertz CT molecular complexity index is 1760. The van der Waals surface area contributed by atoms with Gasteiger partial charge in [0.05, 0.1) is 5.56 Å². The number of hydrogen-bond donors (Lipinski definition) is 1. The molecule has 4 aliphatic rings. The van der Waals surface area contributed by atoms with Gasteiger partial charge in [-0.25, -0.2) is 4.79 Å². The van der Waals surface area contributed by atoms with Crippen LogP contribution >= 0.6 is 0 Å². The molecule has 0 radical (unpaired) electrons. The van der Waals surface area contributed by atoms with E-state index in [0.29, 0.717) is 16.7 Å². The zero-order valence-corrected chi connectivity index (χ0v) is 27.7. The van der Waals surface area contributed by atoms with Gasteiger partial charge in [0.25, 0.3) is 17.7 Å². The van der Waals surface area contributed by atoms with Crippen molar-refractivity contribution in [2.75, 3.05) is 51.1 Å². The van der Waals surface area contributed by atoms with Crippen molar-refractivity contribution in [3.8, 4) is 0 Å². The van der Waals surface area contributed by atoms with Crippen molar-refractivity contribution in [2.24, 2.45) is 0 Å². The Morgan fingerprint density at radius 2 is 1.39 bits per heavy atom. The van der Waals surface area contributed by atoms with Crippen LogP contribution in [-0.2, 0) is 19.9 Å². The normalized spacial score (nSPS) is 18.3. The highest BCUT2D eigenvalue weighted by Gasteiger charge is 2.58. The predicted molar refractivity (Wildman–Crippen MR) is 180 cm³/mol. The Morgan fingerprint density at radius 3 is 1.96 bits per heavy atom. The molecule has 0 atom stereocenters. The van der Waals surface area contributed by atoms with Gasteiger partial charge in [0.1, 0.15) is 8.07 Å². The second-order valence-corrected chi connectivity index (χ2v) is 17.4. The third-order valence-corrected chi connectivity index (χ3v) is 15.5. The second kappa shape index (κ2) is 11.0. The second-order valence-electron chi connectivity index (χ2n) is 13.1. The van der Waals surface area contributed by atoms with E-state index in [4.69, 9.17) is 4.74 Å². The first kappa shape index (κ1) is 30.0. The van der Waals surface area contributed by atoms with E-state index in [2.05, 4.69) is 79.7 Å². The number of amides is 3. The van der Waals surface area contributed by atoms with Crippen LogP contribution in [0, 0.1) is 0 Å². The van der Waals surface area contributed by atoms with Crippen molar-refractivity contribution in [1.29, 1.82) is 0 Å². The molecule has 0 aliphatic carbocycles.